The van der Waals surface area contributed by atoms with E-state index in [1.54, 1.807) is 0 Å². The lowest BCUT2D eigenvalue weighted by molar-refractivity contribution is -0.143. The fourth-order valence-corrected chi connectivity index (χ4v) is 3.34. The summed E-state index contributed by atoms with van der Waals surface area (Å²) in [5.41, 5.74) is -1.85. The van der Waals surface area contributed by atoms with Crippen molar-refractivity contribution < 1.29 is 31.1 Å². The Hall–Kier alpha value is -1.77. The number of rotatable bonds is 4. The van der Waals surface area contributed by atoms with Crippen molar-refractivity contribution >= 4 is 12.4 Å². The van der Waals surface area contributed by atoms with E-state index in [1.807, 2.05) is 30.3 Å². The number of benzene rings is 2. The number of halogens is 7. The lowest BCUT2D eigenvalue weighted by atomic mass is 9.94. The van der Waals surface area contributed by atoms with Gasteiger partial charge in [0.05, 0.1) is 29.9 Å². The lowest BCUT2D eigenvalue weighted by Crippen LogP contribution is -2.39. The van der Waals surface area contributed by atoms with Gasteiger partial charge in [-0.25, -0.2) is 0 Å². The Bertz CT molecular complexity index is 762. The van der Waals surface area contributed by atoms with Crippen molar-refractivity contribution in [3.05, 3.63) is 70.8 Å². The van der Waals surface area contributed by atoms with Gasteiger partial charge in [0.15, 0.2) is 0 Å². The van der Waals surface area contributed by atoms with Gasteiger partial charge < -0.3 is 10.1 Å². The number of alkyl halides is 6. The Morgan fingerprint density at radius 2 is 1.48 bits per heavy atom. The molecule has 2 nitrogen and oxygen atoms in total. The molecule has 0 unspecified atom stereocenters. The van der Waals surface area contributed by atoms with Gasteiger partial charge in [-0.1, -0.05) is 30.3 Å². The summed E-state index contributed by atoms with van der Waals surface area (Å²) in [6.45, 7) is 0.434. The highest BCUT2D eigenvalue weighted by atomic mass is 35.5. The van der Waals surface area contributed by atoms with E-state index in [2.05, 4.69) is 5.32 Å². The maximum atomic E-state index is 13.0. The molecule has 0 saturated carbocycles. The molecule has 1 heterocycles. The molecule has 1 fully saturated rings. The summed E-state index contributed by atoms with van der Waals surface area (Å²) in [6.07, 6.45) is -8.61. The van der Waals surface area contributed by atoms with Crippen LogP contribution in [-0.4, -0.2) is 12.6 Å². The molecule has 0 spiro atoms. The monoisotopic (exact) mass is 439 g/mol. The maximum Gasteiger partial charge on any atom is 0.416 e. The van der Waals surface area contributed by atoms with Crippen LogP contribution in [0.15, 0.2) is 48.5 Å². The van der Waals surface area contributed by atoms with Gasteiger partial charge in [-0.3, -0.25) is 0 Å². The van der Waals surface area contributed by atoms with Crippen LogP contribution in [0, 0.1) is 0 Å². The normalized spacial score (nSPS) is 20.2. The average molecular weight is 440 g/mol. The van der Waals surface area contributed by atoms with Crippen molar-refractivity contribution in [3.63, 3.8) is 0 Å². The molecular formula is C20H20ClF6NO. The van der Waals surface area contributed by atoms with Gasteiger partial charge in [-0.2, -0.15) is 26.3 Å². The largest absolute Gasteiger partial charge is 0.416 e. The van der Waals surface area contributed by atoms with E-state index in [1.165, 1.54) is 0 Å². The minimum absolute atomic E-state index is 0. The highest BCUT2D eigenvalue weighted by Gasteiger charge is 2.37. The van der Waals surface area contributed by atoms with Crippen LogP contribution in [0.2, 0.25) is 0 Å². The minimum atomic E-state index is -4.87. The minimum Gasteiger partial charge on any atom is -0.372 e. The third-order valence-corrected chi connectivity index (χ3v) is 4.67. The Morgan fingerprint density at radius 1 is 0.897 bits per heavy atom. The Kier molecular flexibility index (Phi) is 7.59. The molecule has 0 aromatic heterocycles. The van der Waals surface area contributed by atoms with Gasteiger partial charge in [-0.05, 0) is 48.7 Å². The van der Waals surface area contributed by atoms with Crippen molar-refractivity contribution in [1.82, 2.24) is 5.32 Å². The number of nitrogens with one attached hydrogen (secondary N) is 1. The molecule has 160 valence electrons. The first kappa shape index (κ1) is 23.5. The molecular weight excluding hydrogens is 420 g/mol. The topological polar surface area (TPSA) is 21.3 Å². The van der Waals surface area contributed by atoms with Crippen molar-refractivity contribution in [3.8, 4) is 0 Å². The van der Waals surface area contributed by atoms with Crippen LogP contribution in [0.25, 0.3) is 0 Å². The van der Waals surface area contributed by atoms with E-state index < -0.39 is 23.5 Å². The molecule has 0 aliphatic carbocycles. The molecule has 1 aliphatic heterocycles. The Morgan fingerprint density at radius 3 is 2.03 bits per heavy atom. The number of ether oxygens (including phenoxy) is 1. The third kappa shape index (κ3) is 6.10. The summed E-state index contributed by atoms with van der Waals surface area (Å²) in [6, 6.07) is 10.8. The van der Waals surface area contributed by atoms with Crippen LogP contribution < -0.4 is 5.32 Å². The number of hydrogen-bond donors (Lipinski definition) is 1. The third-order valence-electron chi connectivity index (χ3n) is 4.67. The molecule has 1 N–H and O–H groups in total. The molecule has 3 rings (SSSR count). The second-order valence-electron chi connectivity index (χ2n) is 6.75. The number of hydrogen-bond acceptors (Lipinski definition) is 2. The lowest BCUT2D eigenvalue weighted by Gasteiger charge is -2.33. The van der Waals surface area contributed by atoms with Crippen LogP contribution in [0.4, 0.5) is 26.3 Å². The maximum absolute atomic E-state index is 13.0. The standard InChI is InChI=1S/C20H19F6NO.ClH/c21-19(22,23)15-9-13(10-16(11-15)20(24,25)26)12-28-17-7-4-8-27-18(17)14-5-2-1-3-6-14;/h1-3,5-6,9-11,17-18,27H,4,7-8,12H2;1H/t17-,18-;/m0./s1. The fourth-order valence-electron chi connectivity index (χ4n) is 3.34. The van der Waals surface area contributed by atoms with Crippen LogP contribution in [-0.2, 0) is 23.7 Å². The van der Waals surface area contributed by atoms with Gasteiger partial charge in [0.25, 0.3) is 0 Å². The summed E-state index contributed by atoms with van der Waals surface area (Å²) >= 11 is 0. The average Bonchev–Trinajstić information content (AvgIpc) is 2.66. The van der Waals surface area contributed by atoms with Gasteiger partial charge in [0.1, 0.15) is 0 Å². The van der Waals surface area contributed by atoms with Crippen molar-refractivity contribution in [2.24, 2.45) is 0 Å². The van der Waals surface area contributed by atoms with Crippen molar-refractivity contribution in [1.29, 1.82) is 0 Å². The highest BCUT2D eigenvalue weighted by Crippen LogP contribution is 2.37. The molecule has 2 aromatic carbocycles. The highest BCUT2D eigenvalue weighted by molar-refractivity contribution is 5.85. The molecule has 2 atom stereocenters. The zero-order valence-corrected chi connectivity index (χ0v) is 16.0. The SMILES string of the molecule is Cl.FC(F)(F)c1cc(CO[C@H]2CCCN[C@H]2c2ccccc2)cc(C(F)(F)F)c1. The first-order valence-corrected chi connectivity index (χ1v) is 8.83. The van der Waals surface area contributed by atoms with Gasteiger partial charge in [0.2, 0.25) is 0 Å². The van der Waals surface area contributed by atoms with Crippen LogP contribution in [0.5, 0.6) is 0 Å². The molecule has 1 aliphatic rings. The summed E-state index contributed by atoms with van der Waals surface area (Å²) in [4.78, 5) is 0. The first-order valence-electron chi connectivity index (χ1n) is 8.83. The van der Waals surface area contributed by atoms with E-state index in [0.717, 1.165) is 18.5 Å². The van der Waals surface area contributed by atoms with E-state index in [-0.39, 0.29) is 42.8 Å². The zero-order valence-electron chi connectivity index (χ0n) is 15.2. The quantitative estimate of drug-likeness (QED) is 0.576. The van der Waals surface area contributed by atoms with Crippen molar-refractivity contribution in [2.75, 3.05) is 6.54 Å². The molecule has 9 heteroatoms. The first-order chi connectivity index (χ1) is 13.1. The zero-order chi connectivity index (χ0) is 20.4. The summed E-state index contributed by atoms with van der Waals surface area (Å²) in [7, 11) is 0. The van der Waals surface area contributed by atoms with E-state index in [9.17, 15) is 26.3 Å². The van der Waals surface area contributed by atoms with Gasteiger partial charge >= 0.3 is 12.4 Å². The van der Waals surface area contributed by atoms with Gasteiger partial charge in [-0.15, -0.1) is 12.4 Å². The van der Waals surface area contributed by atoms with Crippen LogP contribution in [0.3, 0.4) is 0 Å². The fraction of sp³-hybridized carbons (Fsp3) is 0.400. The van der Waals surface area contributed by atoms with E-state index in [4.69, 9.17) is 4.74 Å². The molecule has 0 amide bonds. The second-order valence-corrected chi connectivity index (χ2v) is 6.75. The van der Waals surface area contributed by atoms with Gasteiger partial charge in [0, 0.05) is 0 Å². The molecule has 0 bridgehead atoms. The molecule has 2 aromatic rings. The predicted octanol–water partition coefficient (Wildman–Crippen LogP) is 6.16. The Labute approximate surface area is 170 Å². The summed E-state index contributed by atoms with van der Waals surface area (Å²) in [5.74, 6) is 0. The van der Waals surface area contributed by atoms with E-state index >= 15 is 0 Å². The van der Waals surface area contributed by atoms with Crippen LogP contribution in [0.1, 0.15) is 41.1 Å². The second kappa shape index (κ2) is 9.36. The van der Waals surface area contributed by atoms with E-state index in [0.29, 0.717) is 18.6 Å². The summed E-state index contributed by atoms with van der Waals surface area (Å²) in [5, 5.41) is 3.31. The van der Waals surface area contributed by atoms with Crippen molar-refractivity contribution in [2.45, 2.75) is 43.9 Å². The molecule has 1 saturated heterocycles. The predicted molar refractivity (Wildman–Crippen MR) is 98.7 cm³/mol. The molecule has 0 radical (unpaired) electrons. The molecule has 29 heavy (non-hydrogen) atoms. The smallest absolute Gasteiger partial charge is 0.372 e. The summed E-state index contributed by atoms with van der Waals surface area (Å²) < 4.78 is 83.8. The number of piperidine rings is 1. The van der Waals surface area contributed by atoms with Crippen LogP contribution >= 0.6 is 12.4 Å². The Balaban J connectivity index is 0.00000300.